The number of aromatic amines is 1. The second kappa shape index (κ2) is 11.8. The molecule has 36 heavy (non-hydrogen) atoms. The Labute approximate surface area is 208 Å². The van der Waals surface area contributed by atoms with E-state index in [1.54, 1.807) is 17.8 Å². The highest BCUT2D eigenvalue weighted by atomic mass is 32.2. The fraction of sp³-hybridized carbons (Fsp3) is 0.609. The van der Waals surface area contributed by atoms with Crippen LogP contribution in [0.5, 0.6) is 0 Å². The minimum Gasteiger partial charge on any atom is -0.475 e. The summed E-state index contributed by atoms with van der Waals surface area (Å²) in [5.74, 6) is -2.27. The molecule has 2 aliphatic carbocycles. The van der Waals surface area contributed by atoms with Gasteiger partial charge in [0, 0.05) is 23.5 Å². The van der Waals surface area contributed by atoms with Crippen molar-refractivity contribution in [3.63, 3.8) is 0 Å². The number of nitrogens with two attached hydrogens (primary N) is 1. The lowest BCUT2D eigenvalue weighted by atomic mass is 9.86. The number of hydrogen-bond donors (Lipinski definition) is 4. The number of anilines is 1. The van der Waals surface area contributed by atoms with Gasteiger partial charge in [0.2, 0.25) is 0 Å². The minimum atomic E-state index is -5.08. The number of carbonyl (C=O) groups is 1. The Bertz CT molecular complexity index is 1110. The number of carboxylic acid groups (broad SMARTS) is 1. The fourth-order valence-electron chi connectivity index (χ4n) is 4.41. The first-order chi connectivity index (χ1) is 16.9. The number of nitrogens with one attached hydrogen (secondary N) is 2. The van der Waals surface area contributed by atoms with Crippen LogP contribution in [0.2, 0.25) is 0 Å². The molecule has 0 radical (unpaired) electrons. The Hall–Kier alpha value is -2.41. The van der Waals surface area contributed by atoms with E-state index in [9.17, 15) is 26.7 Å². The number of rotatable bonds is 6. The Kier molecular flexibility index (Phi) is 9.20. The SMILES string of the molecule is NC[C@]1(F)CC[C@@H](SCc2nc3cc(NC4CCCC4)cc(F)c3c(=O)[nH]2)CC1.O=C(O)C(F)(F)F. The van der Waals surface area contributed by atoms with Gasteiger partial charge in [0.15, 0.2) is 0 Å². The number of aromatic nitrogens is 2. The number of halogens is 5. The Morgan fingerprint density at radius 2 is 1.83 bits per heavy atom. The summed E-state index contributed by atoms with van der Waals surface area (Å²) in [6.45, 7) is 0.0761. The van der Waals surface area contributed by atoms with E-state index in [1.165, 1.54) is 18.9 Å². The number of carboxylic acids is 1. The lowest BCUT2D eigenvalue weighted by Gasteiger charge is -2.32. The summed E-state index contributed by atoms with van der Waals surface area (Å²) in [6, 6.07) is 3.50. The number of H-pyrrole nitrogens is 1. The number of thioether (sulfide) groups is 1. The van der Waals surface area contributed by atoms with Crippen molar-refractivity contribution < 1.29 is 31.9 Å². The smallest absolute Gasteiger partial charge is 0.475 e. The van der Waals surface area contributed by atoms with Crippen LogP contribution in [0.15, 0.2) is 16.9 Å². The van der Waals surface area contributed by atoms with Crippen LogP contribution in [0.25, 0.3) is 10.9 Å². The quantitative estimate of drug-likeness (QED) is 0.388. The average molecular weight is 537 g/mol. The molecule has 1 heterocycles. The summed E-state index contributed by atoms with van der Waals surface area (Å²) >= 11 is 1.66. The Morgan fingerprint density at radius 1 is 1.22 bits per heavy atom. The van der Waals surface area contributed by atoms with Crippen LogP contribution in [-0.4, -0.2) is 50.7 Å². The van der Waals surface area contributed by atoms with Crippen LogP contribution in [0.1, 0.15) is 57.2 Å². The largest absolute Gasteiger partial charge is 0.490 e. The fourth-order valence-corrected chi connectivity index (χ4v) is 5.51. The maximum atomic E-state index is 14.5. The molecule has 2 fully saturated rings. The minimum absolute atomic E-state index is 0.00135. The third-order valence-corrected chi connectivity index (χ3v) is 7.81. The number of alkyl halides is 4. The zero-order chi connectivity index (χ0) is 26.5. The van der Waals surface area contributed by atoms with Crippen molar-refractivity contribution in [1.82, 2.24) is 9.97 Å². The van der Waals surface area contributed by atoms with Gasteiger partial charge in [0.1, 0.15) is 22.7 Å². The molecule has 2 aromatic rings. The molecule has 5 N–H and O–H groups in total. The third kappa shape index (κ3) is 7.55. The molecule has 7 nitrogen and oxygen atoms in total. The molecule has 0 bridgehead atoms. The normalized spacial score (nSPS) is 22.8. The van der Waals surface area contributed by atoms with E-state index in [4.69, 9.17) is 15.6 Å². The molecule has 0 atom stereocenters. The molecule has 0 spiro atoms. The third-order valence-electron chi connectivity index (χ3n) is 6.43. The molecule has 1 aromatic heterocycles. The number of aliphatic carboxylic acids is 1. The molecule has 0 unspecified atom stereocenters. The molecule has 2 saturated carbocycles. The van der Waals surface area contributed by atoms with Gasteiger partial charge in [-0.05, 0) is 50.7 Å². The van der Waals surface area contributed by atoms with E-state index in [1.807, 2.05) is 0 Å². The average Bonchev–Trinajstić information content (AvgIpc) is 3.31. The van der Waals surface area contributed by atoms with E-state index < -0.39 is 29.2 Å². The van der Waals surface area contributed by atoms with Crippen LogP contribution in [0.3, 0.4) is 0 Å². The topological polar surface area (TPSA) is 121 Å². The number of fused-ring (bicyclic) bond motifs is 1. The highest BCUT2D eigenvalue weighted by Gasteiger charge is 2.38. The van der Waals surface area contributed by atoms with Crippen molar-refractivity contribution in [2.24, 2.45) is 5.73 Å². The Balaban J connectivity index is 0.000000454. The van der Waals surface area contributed by atoms with E-state index in [0.29, 0.717) is 46.9 Å². The van der Waals surface area contributed by atoms with Crippen molar-refractivity contribution >= 4 is 34.3 Å². The lowest BCUT2D eigenvalue weighted by Crippen LogP contribution is -2.37. The second-order valence-electron chi connectivity index (χ2n) is 9.16. The second-order valence-corrected chi connectivity index (χ2v) is 10.4. The molecular weight excluding hydrogens is 507 g/mol. The maximum absolute atomic E-state index is 14.5. The van der Waals surface area contributed by atoms with Crippen LogP contribution in [0.4, 0.5) is 27.6 Å². The van der Waals surface area contributed by atoms with Crippen molar-refractivity contribution in [2.45, 2.75) is 80.3 Å². The van der Waals surface area contributed by atoms with Gasteiger partial charge in [0.05, 0.1) is 11.3 Å². The molecule has 200 valence electrons. The van der Waals surface area contributed by atoms with Crippen LogP contribution in [0, 0.1) is 5.82 Å². The van der Waals surface area contributed by atoms with Gasteiger partial charge in [-0.2, -0.15) is 24.9 Å². The molecule has 0 amide bonds. The van der Waals surface area contributed by atoms with Crippen molar-refractivity contribution in [1.29, 1.82) is 0 Å². The van der Waals surface area contributed by atoms with Gasteiger partial charge in [-0.15, -0.1) is 0 Å². The first kappa shape index (κ1) is 28.2. The predicted octanol–water partition coefficient (Wildman–Crippen LogP) is 4.89. The van der Waals surface area contributed by atoms with Gasteiger partial charge < -0.3 is 21.1 Å². The van der Waals surface area contributed by atoms with E-state index >= 15 is 0 Å². The monoisotopic (exact) mass is 536 g/mol. The molecular formula is C23H29F5N4O3S. The molecule has 4 rings (SSSR count). The highest BCUT2D eigenvalue weighted by Crippen LogP contribution is 2.37. The first-order valence-electron chi connectivity index (χ1n) is 11.7. The standard InChI is InChI=1S/C21H28F2N4OS.C2HF3O2/c22-16-9-14(25-13-3-1-2-4-13)10-17-19(16)20(28)27-18(26-17)11-29-15-5-7-21(23,12-24)8-6-15;3-2(4,5)1(6)7/h9-10,13,15,25H,1-8,11-12,24H2,(H,26,27,28);(H,6,7)/t15-,21+;. The van der Waals surface area contributed by atoms with E-state index in [0.717, 1.165) is 25.7 Å². The van der Waals surface area contributed by atoms with Gasteiger partial charge in [-0.3, -0.25) is 4.79 Å². The first-order valence-corrected chi connectivity index (χ1v) is 12.7. The molecule has 0 saturated heterocycles. The van der Waals surface area contributed by atoms with Crippen molar-refractivity contribution in [3.8, 4) is 0 Å². The van der Waals surface area contributed by atoms with Crippen molar-refractivity contribution in [3.05, 3.63) is 34.1 Å². The maximum Gasteiger partial charge on any atom is 0.490 e. The van der Waals surface area contributed by atoms with Gasteiger partial charge >= 0.3 is 12.1 Å². The van der Waals surface area contributed by atoms with Crippen LogP contribution < -0.4 is 16.6 Å². The highest BCUT2D eigenvalue weighted by molar-refractivity contribution is 7.99. The number of nitrogens with zero attached hydrogens (tertiary/aromatic N) is 1. The Morgan fingerprint density at radius 3 is 2.39 bits per heavy atom. The summed E-state index contributed by atoms with van der Waals surface area (Å²) in [5, 5.41) is 10.8. The van der Waals surface area contributed by atoms with Gasteiger partial charge in [-0.1, -0.05) is 12.8 Å². The van der Waals surface area contributed by atoms with Crippen LogP contribution in [-0.2, 0) is 10.5 Å². The molecule has 1 aromatic carbocycles. The lowest BCUT2D eigenvalue weighted by molar-refractivity contribution is -0.192. The summed E-state index contributed by atoms with van der Waals surface area (Å²) in [4.78, 5) is 28.5. The summed E-state index contributed by atoms with van der Waals surface area (Å²) < 4.78 is 60.5. The number of hydrogen-bond acceptors (Lipinski definition) is 6. The summed E-state index contributed by atoms with van der Waals surface area (Å²) in [6.07, 6.45) is 1.92. The van der Waals surface area contributed by atoms with Crippen molar-refractivity contribution in [2.75, 3.05) is 11.9 Å². The van der Waals surface area contributed by atoms with Crippen LogP contribution >= 0.6 is 11.8 Å². The predicted molar refractivity (Wildman–Crippen MR) is 128 cm³/mol. The number of benzene rings is 1. The molecule has 13 heteroatoms. The molecule has 2 aliphatic rings. The zero-order valence-electron chi connectivity index (χ0n) is 19.5. The van der Waals surface area contributed by atoms with Gasteiger partial charge in [0.25, 0.3) is 5.56 Å². The summed E-state index contributed by atoms with van der Waals surface area (Å²) in [7, 11) is 0. The van der Waals surface area contributed by atoms with E-state index in [-0.39, 0.29) is 11.9 Å². The zero-order valence-corrected chi connectivity index (χ0v) is 20.3. The summed E-state index contributed by atoms with van der Waals surface area (Å²) in [5.41, 5.74) is 4.89. The molecule has 0 aliphatic heterocycles. The van der Waals surface area contributed by atoms with E-state index in [2.05, 4.69) is 15.3 Å². The van der Waals surface area contributed by atoms with Gasteiger partial charge in [-0.25, -0.2) is 18.6 Å².